The van der Waals surface area contributed by atoms with Gasteiger partial charge in [-0.2, -0.15) is 11.3 Å². The molecule has 128 valence electrons. The Morgan fingerprint density at radius 1 is 1.32 bits per heavy atom. The molecular formula is C16H12N2O5S2. The lowest BCUT2D eigenvalue weighted by Gasteiger charge is -2.05. The molecule has 0 aliphatic carbocycles. The van der Waals surface area contributed by atoms with Crippen molar-refractivity contribution in [1.29, 1.82) is 0 Å². The molecule has 2 heterocycles. The number of hydrogen-bond acceptors (Lipinski definition) is 8. The molecule has 0 saturated carbocycles. The minimum atomic E-state index is -0.657. The summed E-state index contributed by atoms with van der Waals surface area (Å²) in [5.74, 6) is -0.572. The molecule has 3 rings (SSSR count). The van der Waals surface area contributed by atoms with Crippen molar-refractivity contribution in [2.45, 2.75) is 6.61 Å². The fraction of sp³-hybridized carbons (Fsp3) is 0.125. The van der Waals surface area contributed by atoms with Gasteiger partial charge in [0.05, 0.1) is 23.3 Å². The Balaban J connectivity index is 1.69. The standard InChI is InChI=1S/C16H12N2O5S2/c1-22-14-3-2-10(6-13(14)18(20)21)16(19)23-7-12-9-25-15(17-12)11-4-5-24-8-11/h2-6,8-9H,7H2,1H3. The van der Waals surface area contributed by atoms with Crippen LogP contribution < -0.4 is 4.74 Å². The molecule has 0 bridgehead atoms. The molecule has 0 spiro atoms. The number of carbonyl (C=O) groups excluding carboxylic acids is 1. The zero-order chi connectivity index (χ0) is 17.8. The molecule has 0 amide bonds. The first kappa shape index (κ1) is 17.1. The second-order valence-electron chi connectivity index (χ2n) is 4.88. The second-order valence-corrected chi connectivity index (χ2v) is 6.51. The summed E-state index contributed by atoms with van der Waals surface area (Å²) in [5, 5.41) is 17.6. The lowest BCUT2D eigenvalue weighted by Crippen LogP contribution is -2.06. The highest BCUT2D eigenvalue weighted by Crippen LogP contribution is 2.28. The van der Waals surface area contributed by atoms with Crippen LogP contribution in [0.2, 0.25) is 0 Å². The van der Waals surface area contributed by atoms with Gasteiger partial charge in [-0.3, -0.25) is 10.1 Å². The molecule has 1 aromatic carbocycles. The molecule has 9 heteroatoms. The van der Waals surface area contributed by atoms with Crippen molar-refractivity contribution in [3.8, 4) is 16.3 Å². The maximum absolute atomic E-state index is 12.1. The average Bonchev–Trinajstić information content (AvgIpc) is 3.30. The second kappa shape index (κ2) is 7.41. The lowest BCUT2D eigenvalue weighted by atomic mass is 10.2. The molecule has 0 N–H and O–H groups in total. The molecule has 2 aromatic heterocycles. The van der Waals surface area contributed by atoms with E-state index in [0.29, 0.717) is 5.69 Å². The summed E-state index contributed by atoms with van der Waals surface area (Å²) in [4.78, 5) is 26.9. The number of rotatable bonds is 6. The normalized spacial score (nSPS) is 10.4. The number of ether oxygens (including phenoxy) is 2. The van der Waals surface area contributed by atoms with Crippen molar-refractivity contribution >= 4 is 34.3 Å². The minimum Gasteiger partial charge on any atom is -0.490 e. The Morgan fingerprint density at radius 3 is 2.84 bits per heavy atom. The third-order valence-corrected chi connectivity index (χ3v) is 4.91. The van der Waals surface area contributed by atoms with Gasteiger partial charge >= 0.3 is 11.7 Å². The van der Waals surface area contributed by atoms with Gasteiger partial charge in [0.2, 0.25) is 0 Å². The lowest BCUT2D eigenvalue weighted by molar-refractivity contribution is -0.385. The van der Waals surface area contributed by atoms with Gasteiger partial charge in [0.1, 0.15) is 11.6 Å². The SMILES string of the molecule is COc1ccc(C(=O)OCc2csc(-c3ccsc3)n2)cc1[N+](=O)[O-]. The number of hydrogen-bond donors (Lipinski definition) is 0. The van der Waals surface area contributed by atoms with Crippen molar-refractivity contribution in [2.75, 3.05) is 7.11 Å². The van der Waals surface area contributed by atoms with E-state index in [2.05, 4.69) is 4.98 Å². The number of aromatic nitrogens is 1. The van der Waals surface area contributed by atoms with E-state index in [-0.39, 0.29) is 23.6 Å². The molecule has 0 saturated heterocycles. The summed E-state index contributed by atoms with van der Waals surface area (Å²) in [5.41, 5.74) is 1.45. The van der Waals surface area contributed by atoms with E-state index in [0.717, 1.165) is 16.6 Å². The number of benzene rings is 1. The molecular weight excluding hydrogens is 364 g/mol. The highest BCUT2D eigenvalue weighted by Gasteiger charge is 2.19. The Kier molecular flexibility index (Phi) is 5.05. The number of nitrogens with zero attached hydrogens (tertiary/aromatic N) is 2. The summed E-state index contributed by atoms with van der Waals surface area (Å²) in [6, 6.07) is 5.90. The Hall–Kier alpha value is -2.78. The molecule has 0 atom stereocenters. The van der Waals surface area contributed by atoms with E-state index < -0.39 is 10.9 Å². The minimum absolute atomic E-state index is 0.000697. The smallest absolute Gasteiger partial charge is 0.338 e. The number of carbonyl (C=O) groups is 1. The fourth-order valence-electron chi connectivity index (χ4n) is 2.07. The van der Waals surface area contributed by atoms with Gasteiger partial charge in [0, 0.05) is 22.4 Å². The summed E-state index contributed by atoms with van der Waals surface area (Å²) < 4.78 is 10.1. The first-order valence-corrected chi connectivity index (χ1v) is 8.87. The summed E-state index contributed by atoms with van der Waals surface area (Å²) in [6.45, 7) is -0.000697. The number of nitro groups is 1. The van der Waals surface area contributed by atoms with E-state index in [1.54, 1.807) is 11.3 Å². The highest BCUT2D eigenvalue weighted by molar-refractivity contribution is 7.14. The third-order valence-electron chi connectivity index (χ3n) is 3.28. The molecule has 0 radical (unpaired) electrons. The van der Waals surface area contributed by atoms with Crippen LogP contribution in [0.15, 0.2) is 40.4 Å². The van der Waals surface area contributed by atoms with E-state index in [4.69, 9.17) is 9.47 Å². The van der Waals surface area contributed by atoms with Gasteiger partial charge in [0.25, 0.3) is 0 Å². The molecule has 3 aromatic rings. The van der Waals surface area contributed by atoms with Gasteiger partial charge in [-0.25, -0.2) is 9.78 Å². The first-order chi connectivity index (χ1) is 12.1. The number of thiophene rings is 1. The van der Waals surface area contributed by atoms with Crippen molar-refractivity contribution in [2.24, 2.45) is 0 Å². The maximum atomic E-state index is 12.1. The number of thiazole rings is 1. The number of methoxy groups -OCH3 is 1. The predicted octanol–water partition coefficient (Wildman–Crippen LogP) is 4.15. The third kappa shape index (κ3) is 3.83. The molecule has 0 aliphatic rings. The fourth-order valence-corrected chi connectivity index (χ4v) is 3.59. The van der Waals surface area contributed by atoms with Crippen molar-refractivity contribution in [1.82, 2.24) is 4.98 Å². The topological polar surface area (TPSA) is 91.6 Å². The number of nitro benzene ring substituents is 1. The van der Waals surface area contributed by atoms with Gasteiger partial charge in [-0.05, 0) is 23.6 Å². The number of esters is 1. The van der Waals surface area contributed by atoms with Gasteiger partial charge in [-0.15, -0.1) is 11.3 Å². The van der Waals surface area contributed by atoms with Gasteiger partial charge in [-0.1, -0.05) is 0 Å². The Labute approximate surface area is 150 Å². The van der Waals surface area contributed by atoms with Crippen LogP contribution in [-0.2, 0) is 11.3 Å². The quantitative estimate of drug-likeness (QED) is 0.365. The summed E-state index contributed by atoms with van der Waals surface area (Å²) in [6.07, 6.45) is 0. The van der Waals surface area contributed by atoms with Gasteiger partial charge < -0.3 is 9.47 Å². The van der Waals surface area contributed by atoms with E-state index >= 15 is 0 Å². The highest BCUT2D eigenvalue weighted by atomic mass is 32.1. The zero-order valence-corrected chi connectivity index (χ0v) is 14.6. The summed E-state index contributed by atoms with van der Waals surface area (Å²) >= 11 is 3.05. The van der Waals surface area contributed by atoms with Crippen LogP contribution in [0.4, 0.5) is 5.69 Å². The Morgan fingerprint density at radius 2 is 2.16 bits per heavy atom. The Bertz CT molecular complexity index is 905. The van der Waals surface area contributed by atoms with Crippen molar-refractivity contribution in [3.05, 3.63) is 61.8 Å². The molecule has 25 heavy (non-hydrogen) atoms. The first-order valence-electron chi connectivity index (χ1n) is 7.05. The van der Waals surface area contributed by atoms with E-state index in [1.807, 2.05) is 22.2 Å². The predicted molar refractivity (Wildman–Crippen MR) is 94.2 cm³/mol. The molecule has 0 aliphatic heterocycles. The van der Waals surface area contributed by atoms with Crippen LogP contribution in [0, 0.1) is 10.1 Å². The zero-order valence-electron chi connectivity index (χ0n) is 13.0. The van der Waals surface area contributed by atoms with Crippen molar-refractivity contribution in [3.63, 3.8) is 0 Å². The van der Waals surface area contributed by atoms with Crippen LogP contribution in [0.5, 0.6) is 5.75 Å². The van der Waals surface area contributed by atoms with E-state index in [1.165, 1.54) is 30.6 Å². The largest absolute Gasteiger partial charge is 0.490 e. The monoisotopic (exact) mass is 376 g/mol. The molecule has 0 fully saturated rings. The molecule has 0 unspecified atom stereocenters. The van der Waals surface area contributed by atoms with Crippen LogP contribution >= 0.6 is 22.7 Å². The molecule has 7 nitrogen and oxygen atoms in total. The van der Waals surface area contributed by atoms with Gasteiger partial charge in [0.15, 0.2) is 5.75 Å². The van der Waals surface area contributed by atoms with Crippen molar-refractivity contribution < 1.29 is 19.2 Å². The van der Waals surface area contributed by atoms with Crippen LogP contribution in [-0.4, -0.2) is 23.0 Å². The summed E-state index contributed by atoms with van der Waals surface area (Å²) in [7, 11) is 1.33. The average molecular weight is 376 g/mol. The van der Waals surface area contributed by atoms with Crippen LogP contribution in [0.1, 0.15) is 16.1 Å². The maximum Gasteiger partial charge on any atom is 0.338 e. The van der Waals surface area contributed by atoms with Crippen LogP contribution in [0.3, 0.4) is 0 Å². The van der Waals surface area contributed by atoms with Crippen LogP contribution in [0.25, 0.3) is 10.6 Å². The van der Waals surface area contributed by atoms with E-state index in [9.17, 15) is 14.9 Å².